The SMILES string of the molecule is Cc1nccn1Cc1ccc(NC(=O)COc2ccc(C(C)(C)C)cc2)cc1. The van der Waals surface area contributed by atoms with Gasteiger partial charge in [-0.1, -0.05) is 45.0 Å². The Hall–Kier alpha value is -3.08. The summed E-state index contributed by atoms with van der Waals surface area (Å²) in [4.78, 5) is 16.4. The van der Waals surface area contributed by atoms with Crippen molar-refractivity contribution < 1.29 is 9.53 Å². The van der Waals surface area contributed by atoms with Crippen LogP contribution in [0.4, 0.5) is 5.69 Å². The highest BCUT2D eigenvalue weighted by atomic mass is 16.5. The molecule has 0 saturated heterocycles. The molecule has 1 N–H and O–H groups in total. The zero-order chi connectivity index (χ0) is 20.1. The summed E-state index contributed by atoms with van der Waals surface area (Å²) in [5.41, 5.74) is 3.23. The fourth-order valence-electron chi connectivity index (χ4n) is 2.86. The standard InChI is InChI=1S/C23H27N3O2/c1-17-24-13-14-26(17)15-18-5-9-20(10-6-18)25-22(27)16-28-21-11-7-19(8-12-21)23(2,3)4/h5-14H,15-16H2,1-4H3,(H,25,27). The molecular weight excluding hydrogens is 350 g/mol. The van der Waals surface area contributed by atoms with Gasteiger partial charge in [-0.15, -0.1) is 0 Å². The molecule has 0 saturated carbocycles. The van der Waals surface area contributed by atoms with Gasteiger partial charge in [0.1, 0.15) is 11.6 Å². The van der Waals surface area contributed by atoms with Gasteiger partial charge in [-0.3, -0.25) is 4.79 Å². The zero-order valence-electron chi connectivity index (χ0n) is 16.9. The Balaban J connectivity index is 1.50. The summed E-state index contributed by atoms with van der Waals surface area (Å²) in [5.74, 6) is 1.48. The van der Waals surface area contributed by atoms with E-state index in [2.05, 4.69) is 35.6 Å². The zero-order valence-corrected chi connectivity index (χ0v) is 16.9. The predicted octanol–water partition coefficient (Wildman–Crippen LogP) is 4.55. The molecule has 5 nitrogen and oxygen atoms in total. The summed E-state index contributed by atoms with van der Waals surface area (Å²) in [6.45, 7) is 9.21. The van der Waals surface area contributed by atoms with Crippen LogP contribution < -0.4 is 10.1 Å². The Morgan fingerprint density at radius 3 is 2.32 bits per heavy atom. The molecule has 0 unspecified atom stereocenters. The third-order valence-electron chi connectivity index (χ3n) is 4.60. The third kappa shape index (κ3) is 5.22. The largest absolute Gasteiger partial charge is 0.484 e. The summed E-state index contributed by atoms with van der Waals surface area (Å²) < 4.78 is 7.67. The number of imidazole rings is 1. The number of nitrogens with zero attached hydrogens (tertiary/aromatic N) is 2. The van der Waals surface area contributed by atoms with E-state index in [1.54, 1.807) is 6.20 Å². The van der Waals surface area contributed by atoms with E-state index in [0.717, 1.165) is 23.6 Å². The number of rotatable bonds is 6. The van der Waals surface area contributed by atoms with Crippen molar-refractivity contribution in [3.8, 4) is 5.75 Å². The van der Waals surface area contributed by atoms with Crippen molar-refractivity contribution in [3.63, 3.8) is 0 Å². The Labute approximate surface area is 166 Å². The molecule has 2 aromatic carbocycles. The number of amides is 1. The lowest BCUT2D eigenvalue weighted by molar-refractivity contribution is -0.118. The van der Waals surface area contributed by atoms with Crippen LogP contribution in [0.2, 0.25) is 0 Å². The average Bonchev–Trinajstić information content (AvgIpc) is 3.06. The van der Waals surface area contributed by atoms with Gasteiger partial charge in [0, 0.05) is 24.6 Å². The average molecular weight is 377 g/mol. The first-order valence-corrected chi connectivity index (χ1v) is 9.41. The minimum absolute atomic E-state index is 0.0230. The van der Waals surface area contributed by atoms with Crippen LogP contribution in [-0.2, 0) is 16.8 Å². The molecule has 3 rings (SSSR count). The van der Waals surface area contributed by atoms with Gasteiger partial charge in [-0.05, 0) is 47.7 Å². The van der Waals surface area contributed by atoms with Gasteiger partial charge in [0.2, 0.25) is 0 Å². The van der Waals surface area contributed by atoms with Gasteiger partial charge >= 0.3 is 0 Å². The van der Waals surface area contributed by atoms with E-state index in [-0.39, 0.29) is 17.9 Å². The first-order valence-electron chi connectivity index (χ1n) is 9.41. The maximum absolute atomic E-state index is 12.1. The van der Waals surface area contributed by atoms with E-state index in [4.69, 9.17) is 4.74 Å². The van der Waals surface area contributed by atoms with Crippen molar-refractivity contribution in [1.29, 1.82) is 0 Å². The molecule has 146 valence electrons. The lowest BCUT2D eigenvalue weighted by Gasteiger charge is -2.19. The summed E-state index contributed by atoms with van der Waals surface area (Å²) in [6.07, 6.45) is 3.75. The monoisotopic (exact) mass is 377 g/mol. The Morgan fingerprint density at radius 1 is 1.07 bits per heavy atom. The summed E-state index contributed by atoms with van der Waals surface area (Å²) in [5, 5.41) is 2.86. The molecular formula is C23H27N3O2. The molecule has 0 aliphatic carbocycles. The van der Waals surface area contributed by atoms with E-state index in [1.165, 1.54) is 5.56 Å². The van der Waals surface area contributed by atoms with Gasteiger partial charge in [-0.25, -0.2) is 4.98 Å². The molecule has 0 radical (unpaired) electrons. The van der Waals surface area contributed by atoms with Gasteiger partial charge < -0.3 is 14.6 Å². The van der Waals surface area contributed by atoms with Crippen LogP contribution in [0.25, 0.3) is 0 Å². The molecule has 1 aromatic heterocycles. The fourth-order valence-corrected chi connectivity index (χ4v) is 2.86. The minimum atomic E-state index is -0.182. The third-order valence-corrected chi connectivity index (χ3v) is 4.60. The van der Waals surface area contributed by atoms with Gasteiger partial charge in [0.05, 0.1) is 0 Å². The van der Waals surface area contributed by atoms with Crippen LogP contribution in [0.5, 0.6) is 5.75 Å². The molecule has 0 bridgehead atoms. The smallest absolute Gasteiger partial charge is 0.262 e. The molecule has 1 amide bonds. The van der Waals surface area contributed by atoms with Crippen molar-refractivity contribution >= 4 is 11.6 Å². The predicted molar refractivity (Wildman–Crippen MR) is 112 cm³/mol. The van der Waals surface area contributed by atoms with Crippen molar-refractivity contribution in [2.75, 3.05) is 11.9 Å². The lowest BCUT2D eigenvalue weighted by atomic mass is 9.87. The number of aromatic nitrogens is 2. The lowest BCUT2D eigenvalue weighted by Crippen LogP contribution is -2.20. The summed E-state index contributed by atoms with van der Waals surface area (Å²) >= 11 is 0. The number of hydrogen-bond acceptors (Lipinski definition) is 3. The maximum atomic E-state index is 12.1. The molecule has 0 spiro atoms. The van der Waals surface area contributed by atoms with Gasteiger partial charge in [0.25, 0.3) is 5.91 Å². The quantitative estimate of drug-likeness (QED) is 0.685. The number of hydrogen-bond donors (Lipinski definition) is 1. The van der Waals surface area contributed by atoms with Crippen LogP contribution in [-0.4, -0.2) is 22.1 Å². The Morgan fingerprint density at radius 2 is 1.75 bits per heavy atom. The number of ether oxygens (including phenoxy) is 1. The van der Waals surface area contributed by atoms with Crippen LogP contribution in [0.3, 0.4) is 0 Å². The highest BCUT2D eigenvalue weighted by Crippen LogP contribution is 2.24. The molecule has 0 aliphatic rings. The van der Waals surface area contributed by atoms with Crippen LogP contribution in [0, 0.1) is 6.92 Å². The van der Waals surface area contributed by atoms with E-state index in [1.807, 2.05) is 61.7 Å². The van der Waals surface area contributed by atoms with Crippen molar-refractivity contribution in [2.45, 2.75) is 39.7 Å². The second kappa shape index (κ2) is 8.30. The fraction of sp³-hybridized carbons (Fsp3) is 0.304. The normalized spacial score (nSPS) is 11.3. The topological polar surface area (TPSA) is 56.2 Å². The van der Waals surface area contributed by atoms with Crippen LogP contribution in [0.15, 0.2) is 60.9 Å². The number of nitrogens with one attached hydrogen (secondary N) is 1. The Kier molecular flexibility index (Phi) is 5.83. The second-order valence-corrected chi connectivity index (χ2v) is 7.91. The van der Waals surface area contributed by atoms with Crippen LogP contribution in [0.1, 0.15) is 37.7 Å². The Bertz CT molecular complexity index is 920. The highest BCUT2D eigenvalue weighted by molar-refractivity contribution is 5.91. The maximum Gasteiger partial charge on any atom is 0.262 e. The summed E-state index contributed by atoms with van der Waals surface area (Å²) in [6, 6.07) is 15.7. The van der Waals surface area contributed by atoms with E-state index < -0.39 is 0 Å². The van der Waals surface area contributed by atoms with Crippen molar-refractivity contribution in [2.24, 2.45) is 0 Å². The highest BCUT2D eigenvalue weighted by Gasteiger charge is 2.13. The van der Waals surface area contributed by atoms with Crippen LogP contribution >= 0.6 is 0 Å². The first kappa shape index (κ1) is 19.7. The van der Waals surface area contributed by atoms with Crippen molar-refractivity contribution in [1.82, 2.24) is 9.55 Å². The molecule has 3 aromatic rings. The minimum Gasteiger partial charge on any atom is -0.484 e. The van der Waals surface area contributed by atoms with E-state index in [9.17, 15) is 4.79 Å². The van der Waals surface area contributed by atoms with Gasteiger partial charge in [0.15, 0.2) is 6.61 Å². The number of benzene rings is 2. The number of carbonyl (C=O) groups is 1. The number of carbonyl (C=O) groups excluding carboxylic acids is 1. The molecule has 0 fully saturated rings. The molecule has 0 atom stereocenters. The van der Waals surface area contributed by atoms with Crippen molar-refractivity contribution in [3.05, 3.63) is 77.9 Å². The molecule has 1 heterocycles. The van der Waals surface area contributed by atoms with E-state index in [0.29, 0.717) is 5.75 Å². The second-order valence-electron chi connectivity index (χ2n) is 7.91. The molecule has 0 aliphatic heterocycles. The summed E-state index contributed by atoms with van der Waals surface area (Å²) in [7, 11) is 0. The number of anilines is 1. The molecule has 28 heavy (non-hydrogen) atoms. The first-order chi connectivity index (χ1) is 13.3. The molecule has 5 heteroatoms. The number of aryl methyl sites for hydroxylation is 1. The van der Waals surface area contributed by atoms with E-state index >= 15 is 0 Å². The van der Waals surface area contributed by atoms with Gasteiger partial charge in [-0.2, -0.15) is 0 Å².